The molecule has 1 N–H and O–H groups in total. The Morgan fingerprint density at radius 3 is 2.77 bits per heavy atom. The molecule has 0 radical (unpaired) electrons. The highest BCUT2D eigenvalue weighted by Gasteiger charge is 2.20. The number of amides is 1. The molecule has 0 bridgehead atoms. The van der Waals surface area contributed by atoms with Gasteiger partial charge in [0.2, 0.25) is 11.7 Å². The maximum absolute atomic E-state index is 12.6. The number of fused-ring (bicyclic) bond motifs is 1. The van der Waals surface area contributed by atoms with Crippen molar-refractivity contribution in [1.82, 2.24) is 15.5 Å². The van der Waals surface area contributed by atoms with Crippen LogP contribution in [0.25, 0.3) is 11.4 Å². The fourth-order valence-corrected chi connectivity index (χ4v) is 3.81. The zero-order valence-electron chi connectivity index (χ0n) is 17.5. The van der Waals surface area contributed by atoms with Crippen molar-refractivity contribution < 1.29 is 14.1 Å². The monoisotopic (exact) mass is 405 g/mol. The fraction of sp³-hybridized carbons (Fsp3) is 0.375. The van der Waals surface area contributed by atoms with Crippen LogP contribution in [-0.2, 0) is 24.2 Å². The van der Waals surface area contributed by atoms with Crippen molar-refractivity contribution >= 4 is 5.91 Å². The molecule has 0 aliphatic heterocycles. The molecule has 1 aromatic heterocycles. The number of benzene rings is 2. The molecule has 0 saturated carbocycles. The maximum Gasteiger partial charge on any atom is 0.261 e. The van der Waals surface area contributed by atoms with E-state index in [-0.39, 0.29) is 12.5 Å². The van der Waals surface area contributed by atoms with E-state index in [0.29, 0.717) is 18.1 Å². The van der Waals surface area contributed by atoms with Gasteiger partial charge in [0.25, 0.3) is 5.91 Å². The van der Waals surface area contributed by atoms with Crippen LogP contribution >= 0.6 is 0 Å². The van der Waals surface area contributed by atoms with Gasteiger partial charge in [-0.05, 0) is 67.9 Å². The van der Waals surface area contributed by atoms with Crippen LogP contribution in [0.4, 0.5) is 0 Å². The Morgan fingerprint density at radius 1 is 1.17 bits per heavy atom. The number of carbonyl (C=O) groups is 1. The molecular formula is C24H27N3O3. The summed E-state index contributed by atoms with van der Waals surface area (Å²) < 4.78 is 11.3. The average molecular weight is 405 g/mol. The molecular weight excluding hydrogens is 378 g/mol. The van der Waals surface area contributed by atoms with Crippen LogP contribution in [-0.4, -0.2) is 22.2 Å². The van der Waals surface area contributed by atoms with Crippen molar-refractivity contribution in [2.75, 3.05) is 0 Å². The molecule has 156 valence electrons. The van der Waals surface area contributed by atoms with Gasteiger partial charge in [0.05, 0.1) is 6.54 Å². The van der Waals surface area contributed by atoms with Crippen LogP contribution in [0.5, 0.6) is 5.75 Å². The highest BCUT2D eigenvalue weighted by Crippen LogP contribution is 2.26. The lowest BCUT2D eigenvalue weighted by Crippen LogP contribution is -2.37. The second-order valence-electron chi connectivity index (χ2n) is 7.70. The molecule has 4 rings (SSSR count). The Kier molecular flexibility index (Phi) is 6.12. The summed E-state index contributed by atoms with van der Waals surface area (Å²) in [5, 5.41) is 6.88. The number of aromatic nitrogens is 2. The van der Waals surface area contributed by atoms with Crippen LogP contribution in [0.15, 0.2) is 47.0 Å². The predicted octanol–water partition coefficient (Wildman–Crippen LogP) is 4.40. The van der Waals surface area contributed by atoms with Crippen molar-refractivity contribution in [1.29, 1.82) is 0 Å². The summed E-state index contributed by atoms with van der Waals surface area (Å²) in [6, 6.07) is 14.0. The Hall–Kier alpha value is -3.15. The number of nitrogens with one attached hydrogen (secondary N) is 1. The Balaban J connectivity index is 1.36. The number of hydrogen-bond donors (Lipinski definition) is 1. The first-order valence-electron chi connectivity index (χ1n) is 10.6. The van der Waals surface area contributed by atoms with E-state index in [2.05, 4.69) is 27.6 Å². The number of nitrogens with zero attached hydrogens (tertiary/aromatic N) is 2. The van der Waals surface area contributed by atoms with E-state index in [1.54, 1.807) is 0 Å². The molecule has 0 fully saturated rings. The van der Waals surface area contributed by atoms with Gasteiger partial charge in [0.15, 0.2) is 6.10 Å². The number of hydrogen-bond acceptors (Lipinski definition) is 5. The zero-order valence-corrected chi connectivity index (χ0v) is 17.5. The lowest BCUT2D eigenvalue weighted by molar-refractivity contribution is -0.128. The summed E-state index contributed by atoms with van der Waals surface area (Å²) >= 11 is 0. The van der Waals surface area contributed by atoms with E-state index < -0.39 is 6.10 Å². The molecule has 1 atom stereocenters. The topological polar surface area (TPSA) is 77.2 Å². The lowest BCUT2D eigenvalue weighted by Gasteiger charge is -2.20. The van der Waals surface area contributed by atoms with Crippen LogP contribution < -0.4 is 10.1 Å². The van der Waals surface area contributed by atoms with Crippen LogP contribution in [0.3, 0.4) is 0 Å². The van der Waals surface area contributed by atoms with Gasteiger partial charge in [0.1, 0.15) is 5.75 Å². The minimum Gasteiger partial charge on any atom is -0.481 e. The lowest BCUT2D eigenvalue weighted by atomic mass is 9.92. The van der Waals surface area contributed by atoms with Gasteiger partial charge in [0, 0.05) is 5.56 Å². The molecule has 1 aliphatic carbocycles. The minimum absolute atomic E-state index is 0.168. The van der Waals surface area contributed by atoms with Gasteiger partial charge >= 0.3 is 0 Å². The molecule has 1 amide bonds. The fourth-order valence-electron chi connectivity index (χ4n) is 3.81. The number of rotatable bonds is 7. The first-order chi connectivity index (χ1) is 14.6. The standard InChI is InChI=1S/C24H27N3O3/c1-3-21(29-19-13-12-17-9-5-6-10-18(17)14-19)24(28)25-15-22-26-23(27-30-22)20-11-7-4-8-16(20)2/h4,7-8,11-14,21H,3,5-6,9-10,15H2,1-2H3,(H,25,28)/t21-/m1/s1. The molecule has 0 spiro atoms. The number of aryl methyl sites for hydroxylation is 3. The van der Waals surface area contributed by atoms with Gasteiger partial charge in [-0.15, -0.1) is 0 Å². The molecule has 0 unspecified atom stereocenters. The smallest absolute Gasteiger partial charge is 0.261 e. The second-order valence-corrected chi connectivity index (χ2v) is 7.70. The number of ether oxygens (including phenoxy) is 1. The van der Waals surface area contributed by atoms with Gasteiger partial charge in [-0.1, -0.05) is 42.4 Å². The van der Waals surface area contributed by atoms with E-state index in [0.717, 1.165) is 29.7 Å². The maximum atomic E-state index is 12.6. The van der Waals surface area contributed by atoms with E-state index in [1.807, 2.05) is 44.2 Å². The van der Waals surface area contributed by atoms with Crippen LogP contribution in [0.2, 0.25) is 0 Å². The third kappa shape index (κ3) is 4.53. The Bertz CT molecular complexity index is 1030. The first-order valence-corrected chi connectivity index (χ1v) is 10.6. The van der Waals surface area contributed by atoms with Crippen LogP contribution in [0, 0.1) is 6.92 Å². The molecule has 30 heavy (non-hydrogen) atoms. The quantitative estimate of drug-likeness (QED) is 0.630. The van der Waals surface area contributed by atoms with E-state index in [1.165, 1.54) is 24.0 Å². The van der Waals surface area contributed by atoms with E-state index in [9.17, 15) is 4.79 Å². The predicted molar refractivity (Wildman–Crippen MR) is 114 cm³/mol. The summed E-state index contributed by atoms with van der Waals surface area (Å²) in [6.45, 7) is 4.10. The Morgan fingerprint density at radius 2 is 1.97 bits per heavy atom. The normalized spacial score (nSPS) is 14.1. The highest BCUT2D eigenvalue weighted by atomic mass is 16.5. The molecule has 3 aromatic rings. The summed E-state index contributed by atoms with van der Waals surface area (Å²) in [4.78, 5) is 17.0. The van der Waals surface area contributed by atoms with E-state index >= 15 is 0 Å². The van der Waals surface area contributed by atoms with Crippen molar-refractivity contribution in [3.05, 3.63) is 65.0 Å². The van der Waals surface area contributed by atoms with Gasteiger partial charge in [-0.3, -0.25) is 4.79 Å². The average Bonchev–Trinajstić information content (AvgIpc) is 3.25. The van der Waals surface area contributed by atoms with E-state index in [4.69, 9.17) is 9.26 Å². The summed E-state index contributed by atoms with van der Waals surface area (Å²) in [7, 11) is 0. The molecule has 1 aliphatic rings. The van der Waals surface area contributed by atoms with Crippen molar-refractivity contribution in [3.8, 4) is 17.1 Å². The summed E-state index contributed by atoms with van der Waals surface area (Å²) in [5.41, 5.74) is 4.72. The molecule has 0 saturated heterocycles. The van der Waals surface area contributed by atoms with Gasteiger partial charge in [-0.2, -0.15) is 4.98 Å². The zero-order chi connectivity index (χ0) is 20.9. The van der Waals surface area contributed by atoms with Crippen molar-refractivity contribution in [2.45, 2.75) is 58.6 Å². The van der Waals surface area contributed by atoms with Gasteiger partial charge < -0.3 is 14.6 Å². The first kappa shape index (κ1) is 20.1. The van der Waals surface area contributed by atoms with Crippen molar-refractivity contribution in [3.63, 3.8) is 0 Å². The highest BCUT2D eigenvalue weighted by molar-refractivity contribution is 5.81. The largest absolute Gasteiger partial charge is 0.481 e. The molecule has 6 heteroatoms. The molecule has 6 nitrogen and oxygen atoms in total. The van der Waals surface area contributed by atoms with Gasteiger partial charge in [-0.25, -0.2) is 0 Å². The Labute approximate surface area is 176 Å². The third-order valence-corrected chi connectivity index (χ3v) is 5.53. The second kappa shape index (κ2) is 9.11. The third-order valence-electron chi connectivity index (χ3n) is 5.53. The summed E-state index contributed by atoms with van der Waals surface area (Å²) in [5.74, 6) is 1.45. The molecule has 2 aromatic carbocycles. The minimum atomic E-state index is -0.564. The summed E-state index contributed by atoms with van der Waals surface area (Å²) in [6.07, 6.45) is 4.67. The van der Waals surface area contributed by atoms with Crippen molar-refractivity contribution in [2.24, 2.45) is 0 Å². The molecule has 1 heterocycles. The number of carbonyl (C=O) groups excluding carboxylic acids is 1. The SMILES string of the molecule is CC[C@@H](Oc1ccc2c(c1)CCCC2)C(=O)NCc1nc(-c2ccccc2C)no1. The van der Waals surface area contributed by atoms with Crippen LogP contribution in [0.1, 0.15) is 48.8 Å².